The number of aliphatic carboxylic acids is 1. The number of piperazine rings is 1. The molecule has 3 aromatic rings. The first-order valence-corrected chi connectivity index (χ1v) is 12.5. The average Bonchev–Trinajstić information content (AvgIpc) is 2.85. The van der Waals surface area contributed by atoms with Gasteiger partial charge in [-0.1, -0.05) is 42.5 Å². The summed E-state index contributed by atoms with van der Waals surface area (Å²) in [6.45, 7) is 6.26. The third-order valence-corrected chi connectivity index (χ3v) is 7.24. The van der Waals surface area contributed by atoms with Crippen molar-refractivity contribution in [2.45, 2.75) is 51.2 Å². The van der Waals surface area contributed by atoms with Gasteiger partial charge in [-0.2, -0.15) is 13.2 Å². The van der Waals surface area contributed by atoms with Crippen LogP contribution in [0, 0.1) is 6.92 Å². The highest BCUT2D eigenvalue weighted by Crippen LogP contribution is 2.39. The number of benzene rings is 2. The molecule has 38 heavy (non-hydrogen) atoms. The van der Waals surface area contributed by atoms with Crippen LogP contribution in [-0.2, 0) is 23.5 Å². The van der Waals surface area contributed by atoms with Crippen LogP contribution in [0.1, 0.15) is 35.6 Å². The first kappa shape index (κ1) is 27.8. The zero-order valence-corrected chi connectivity index (χ0v) is 21.4. The highest BCUT2D eigenvalue weighted by molar-refractivity contribution is 5.68. The van der Waals surface area contributed by atoms with Crippen LogP contribution in [0.25, 0.3) is 11.1 Å². The normalized spacial score (nSPS) is 18.7. The van der Waals surface area contributed by atoms with Crippen molar-refractivity contribution >= 4 is 5.97 Å². The van der Waals surface area contributed by atoms with E-state index in [1.54, 1.807) is 24.5 Å². The van der Waals surface area contributed by atoms with E-state index >= 15 is 0 Å². The van der Waals surface area contributed by atoms with Crippen LogP contribution < -0.4 is 0 Å². The summed E-state index contributed by atoms with van der Waals surface area (Å²) in [7, 11) is 0. The number of nitrogens with zero attached hydrogens (tertiary/aromatic N) is 3. The van der Waals surface area contributed by atoms with Gasteiger partial charge in [-0.3, -0.25) is 19.6 Å². The Morgan fingerprint density at radius 2 is 1.68 bits per heavy atom. The van der Waals surface area contributed by atoms with Gasteiger partial charge in [-0.05, 0) is 59.4 Å². The predicted molar refractivity (Wildman–Crippen MR) is 138 cm³/mol. The van der Waals surface area contributed by atoms with E-state index in [1.807, 2.05) is 37.3 Å². The van der Waals surface area contributed by atoms with Gasteiger partial charge in [-0.15, -0.1) is 0 Å². The summed E-state index contributed by atoms with van der Waals surface area (Å²) in [4.78, 5) is 20.1. The van der Waals surface area contributed by atoms with Crippen LogP contribution in [-0.4, -0.2) is 62.8 Å². The monoisotopic (exact) mass is 527 g/mol. The van der Waals surface area contributed by atoms with E-state index < -0.39 is 17.7 Å². The summed E-state index contributed by atoms with van der Waals surface area (Å²) in [5, 5.41) is 19.4. The molecule has 0 saturated carbocycles. The summed E-state index contributed by atoms with van der Waals surface area (Å²) >= 11 is 0. The van der Waals surface area contributed by atoms with Crippen molar-refractivity contribution in [3.05, 3.63) is 89.2 Å². The van der Waals surface area contributed by atoms with Crippen LogP contribution >= 0.6 is 0 Å². The first-order valence-electron chi connectivity index (χ1n) is 12.5. The fraction of sp³-hybridized carbons (Fsp3) is 0.379. The van der Waals surface area contributed by atoms with Crippen molar-refractivity contribution in [1.82, 2.24) is 14.8 Å². The van der Waals surface area contributed by atoms with Gasteiger partial charge in [0.2, 0.25) is 0 Å². The van der Waals surface area contributed by atoms with Crippen molar-refractivity contribution in [2.24, 2.45) is 0 Å². The SMILES string of the molecule is Cc1cc(CN2CCN(Cc3ccncc3)C[C@H]2CC(=O)O)ccc1-c1ccc(C(C)(O)C(F)(F)F)cc1. The molecule has 1 unspecified atom stereocenters. The summed E-state index contributed by atoms with van der Waals surface area (Å²) in [6, 6.07) is 15.5. The number of aryl methyl sites for hydroxylation is 1. The largest absolute Gasteiger partial charge is 0.481 e. The number of carboxylic acids is 1. The number of aromatic nitrogens is 1. The van der Waals surface area contributed by atoms with Crippen molar-refractivity contribution in [1.29, 1.82) is 0 Å². The molecule has 4 rings (SSSR count). The maximum absolute atomic E-state index is 13.2. The van der Waals surface area contributed by atoms with E-state index in [0.717, 1.165) is 54.4 Å². The second-order valence-corrected chi connectivity index (χ2v) is 10.1. The molecule has 1 aliphatic heterocycles. The number of aliphatic hydroxyl groups is 1. The van der Waals surface area contributed by atoms with E-state index in [4.69, 9.17) is 0 Å². The number of halogens is 3. The number of carboxylic acid groups (broad SMARTS) is 1. The van der Waals surface area contributed by atoms with Gasteiger partial charge in [0.1, 0.15) is 0 Å². The van der Waals surface area contributed by atoms with Crippen molar-refractivity contribution in [2.75, 3.05) is 19.6 Å². The molecule has 2 atom stereocenters. The fourth-order valence-electron chi connectivity index (χ4n) is 4.97. The Labute approximate surface area is 220 Å². The maximum Gasteiger partial charge on any atom is 0.421 e. The van der Waals surface area contributed by atoms with Crippen LogP contribution in [0.5, 0.6) is 0 Å². The lowest BCUT2D eigenvalue weighted by Gasteiger charge is -2.41. The number of alkyl halides is 3. The van der Waals surface area contributed by atoms with Gasteiger partial charge >= 0.3 is 12.1 Å². The molecule has 0 bridgehead atoms. The minimum atomic E-state index is -4.77. The van der Waals surface area contributed by atoms with E-state index in [-0.39, 0.29) is 18.0 Å². The molecule has 2 heterocycles. The predicted octanol–water partition coefficient (Wildman–Crippen LogP) is 4.99. The van der Waals surface area contributed by atoms with Gasteiger partial charge in [0.25, 0.3) is 0 Å². The van der Waals surface area contributed by atoms with Crippen LogP contribution in [0.3, 0.4) is 0 Å². The third kappa shape index (κ3) is 6.40. The van der Waals surface area contributed by atoms with E-state index in [2.05, 4.69) is 14.8 Å². The lowest BCUT2D eigenvalue weighted by molar-refractivity contribution is -0.258. The lowest BCUT2D eigenvalue weighted by Crippen LogP contribution is -2.52. The molecular formula is C29H32F3N3O3. The van der Waals surface area contributed by atoms with Crippen LogP contribution in [0.4, 0.5) is 13.2 Å². The molecule has 0 aliphatic carbocycles. The highest BCUT2D eigenvalue weighted by atomic mass is 19.4. The topological polar surface area (TPSA) is 76.9 Å². The number of pyridine rings is 1. The van der Waals surface area contributed by atoms with Gasteiger partial charge in [0.05, 0.1) is 6.42 Å². The molecule has 0 amide bonds. The molecule has 0 radical (unpaired) electrons. The number of rotatable bonds is 8. The van der Waals surface area contributed by atoms with Gasteiger partial charge in [0, 0.05) is 51.2 Å². The molecule has 1 saturated heterocycles. The van der Waals surface area contributed by atoms with E-state index in [9.17, 15) is 28.2 Å². The third-order valence-electron chi connectivity index (χ3n) is 7.24. The van der Waals surface area contributed by atoms with E-state index in [1.165, 1.54) is 12.1 Å². The van der Waals surface area contributed by atoms with Crippen molar-refractivity contribution in [3.63, 3.8) is 0 Å². The van der Waals surface area contributed by atoms with E-state index in [0.29, 0.717) is 13.1 Å². The Kier molecular flexibility index (Phi) is 8.20. The minimum absolute atomic E-state index is 0.0535. The molecule has 0 spiro atoms. The smallest absolute Gasteiger partial charge is 0.421 e. The summed E-state index contributed by atoms with van der Waals surface area (Å²) in [6.07, 6.45) is -1.20. The van der Waals surface area contributed by atoms with Crippen LogP contribution in [0.15, 0.2) is 67.0 Å². The molecule has 2 aromatic carbocycles. The molecule has 9 heteroatoms. The zero-order valence-electron chi connectivity index (χ0n) is 21.4. The zero-order chi connectivity index (χ0) is 27.5. The Morgan fingerprint density at radius 3 is 2.29 bits per heavy atom. The second kappa shape index (κ2) is 11.2. The van der Waals surface area contributed by atoms with Crippen molar-refractivity contribution < 1.29 is 28.2 Å². The Bertz CT molecular complexity index is 1250. The second-order valence-electron chi connectivity index (χ2n) is 10.1. The number of carbonyl (C=O) groups is 1. The van der Waals surface area contributed by atoms with Gasteiger partial charge < -0.3 is 10.2 Å². The Hall–Kier alpha value is -3.27. The first-order chi connectivity index (χ1) is 17.9. The summed E-state index contributed by atoms with van der Waals surface area (Å²) < 4.78 is 39.5. The fourth-order valence-corrected chi connectivity index (χ4v) is 4.97. The number of hydrogen-bond acceptors (Lipinski definition) is 5. The Morgan fingerprint density at radius 1 is 1.00 bits per heavy atom. The molecule has 6 nitrogen and oxygen atoms in total. The minimum Gasteiger partial charge on any atom is -0.481 e. The quantitative estimate of drug-likeness (QED) is 0.430. The molecular weight excluding hydrogens is 495 g/mol. The van der Waals surface area contributed by atoms with Gasteiger partial charge in [0.15, 0.2) is 5.60 Å². The average molecular weight is 528 g/mol. The molecule has 1 aromatic heterocycles. The lowest BCUT2D eigenvalue weighted by atomic mass is 9.92. The number of hydrogen-bond donors (Lipinski definition) is 2. The maximum atomic E-state index is 13.2. The molecule has 1 fully saturated rings. The summed E-state index contributed by atoms with van der Waals surface area (Å²) in [5.41, 5.74) is 1.66. The molecule has 202 valence electrons. The van der Waals surface area contributed by atoms with Crippen molar-refractivity contribution in [3.8, 4) is 11.1 Å². The highest BCUT2D eigenvalue weighted by Gasteiger charge is 2.51. The molecule has 2 N–H and O–H groups in total. The Balaban J connectivity index is 1.46. The van der Waals surface area contributed by atoms with Crippen LogP contribution in [0.2, 0.25) is 0 Å². The standard InChI is InChI=1S/C29H32F3N3O3/c1-20-15-22(3-8-26(20)23-4-6-24(7-5-23)28(2,38)29(30,31)32)18-35-14-13-34(19-25(35)16-27(36)37)17-21-9-11-33-12-10-21/h3-12,15,25,38H,13-14,16-19H2,1-2H3,(H,36,37)/t25-,28?/m1/s1. The summed E-state index contributed by atoms with van der Waals surface area (Å²) in [5.74, 6) is -0.828. The molecule has 1 aliphatic rings. The van der Waals surface area contributed by atoms with Gasteiger partial charge in [-0.25, -0.2) is 0 Å².